The maximum absolute atomic E-state index is 8.74. The van der Waals surface area contributed by atoms with Crippen LogP contribution in [0.5, 0.6) is 0 Å². The monoisotopic (exact) mass is 284 g/mol. The summed E-state index contributed by atoms with van der Waals surface area (Å²) in [5, 5.41) is 9.43. The van der Waals surface area contributed by atoms with E-state index < -0.39 is 8.07 Å². The van der Waals surface area contributed by atoms with Gasteiger partial charge >= 0.3 is 0 Å². The lowest BCUT2D eigenvalue weighted by Crippen LogP contribution is -2.60. The summed E-state index contributed by atoms with van der Waals surface area (Å²) in [5.41, 5.74) is 1.44. The molecule has 2 nitrogen and oxygen atoms in total. The Balaban J connectivity index is 1.66. The predicted octanol–water partition coefficient (Wildman–Crippen LogP) is 4.18. The highest BCUT2D eigenvalue weighted by Crippen LogP contribution is 2.73. The fourth-order valence-electron chi connectivity index (χ4n) is 5.96. The molecule has 4 aliphatic carbocycles. The summed E-state index contributed by atoms with van der Waals surface area (Å²) in [7, 11) is -1.11. The molecule has 0 aromatic rings. The van der Waals surface area contributed by atoms with Crippen molar-refractivity contribution >= 4 is 13.8 Å². The van der Waals surface area contributed by atoms with E-state index in [9.17, 15) is 0 Å². The van der Waals surface area contributed by atoms with Gasteiger partial charge in [0.1, 0.15) is 5.54 Å². The van der Waals surface area contributed by atoms with Crippen LogP contribution in [0.3, 0.4) is 0 Å². The van der Waals surface area contributed by atoms with Crippen molar-refractivity contribution < 1.29 is 0 Å². The molecule has 4 fully saturated rings. The Morgan fingerprint density at radius 3 is 2.40 bits per heavy atom. The number of aliphatic imine (C=N–C) groups is 1. The molecular weight excluding hydrogens is 260 g/mol. The van der Waals surface area contributed by atoms with Crippen LogP contribution in [0.4, 0.5) is 0 Å². The molecule has 5 atom stereocenters. The molecule has 1 heterocycles. The van der Waals surface area contributed by atoms with Gasteiger partial charge < -0.3 is 0 Å². The first-order chi connectivity index (χ1) is 9.41. The summed E-state index contributed by atoms with van der Waals surface area (Å²) in [6.45, 7) is 7.74. The largest absolute Gasteiger partial charge is 0.274 e. The molecule has 5 rings (SSSR count). The van der Waals surface area contributed by atoms with E-state index in [1.165, 1.54) is 37.8 Å². The Labute approximate surface area is 123 Å². The van der Waals surface area contributed by atoms with Gasteiger partial charge in [-0.15, -0.1) is 0 Å². The van der Waals surface area contributed by atoms with E-state index >= 15 is 0 Å². The third-order valence-corrected chi connectivity index (χ3v) is 10.8. The van der Waals surface area contributed by atoms with E-state index in [2.05, 4.69) is 25.7 Å². The van der Waals surface area contributed by atoms with Crippen molar-refractivity contribution in [1.29, 1.82) is 5.26 Å². The maximum Gasteiger partial charge on any atom is 0.108 e. The number of nitriles is 1. The third-order valence-electron chi connectivity index (χ3n) is 7.01. The molecule has 0 aromatic heterocycles. The minimum absolute atomic E-state index is 0.188. The lowest BCUT2D eigenvalue weighted by Gasteiger charge is -2.64. The van der Waals surface area contributed by atoms with Gasteiger partial charge in [-0.25, -0.2) is 0 Å². The second-order valence-corrected chi connectivity index (χ2v) is 14.2. The molecule has 3 heteroatoms. The van der Waals surface area contributed by atoms with Crippen LogP contribution >= 0.6 is 0 Å². The minimum atomic E-state index is -1.11. The maximum atomic E-state index is 8.74. The Morgan fingerprint density at radius 1 is 1.20 bits per heavy atom. The summed E-state index contributed by atoms with van der Waals surface area (Å²) in [6.07, 6.45) is 10.8. The van der Waals surface area contributed by atoms with E-state index in [0.717, 1.165) is 17.8 Å². The number of allylic oxidation sites excluding steroid dienone is 1. The summed E-state index contributed by atoms with van der Waals surface area (Å²) < 4.78 is 0. The van der Waals surface area contributed by atoms with Crippen LogP contribution in [0.2, 0.25) is 24.7 Å². The van der Waals surface area contributed by atoms with Crippen LogP contribution in [0.25, 0.3) is 0 Å². The van der Waals surface area contributed by atoms with Crippen LogP contribution in [0, 0.1) is 29.1 Å². The highest BCUT2D eigenvalue weighted by molar-refractivity contribution is 6.79. The molecule has 4 bridgehead atoms. The summed E-state index contributed by atoms with van der Waals surface area (Å²) in [5.74, 6) is 2.56. The van der Waals surface area contributed by atoms with E-state index in [-0.39, 0.29) is 5.54 Å². The molecule has 106 valence electrons. The van der Waals surface area contributed by atoms with Gasteiger partial charge in [-0.3, -0.25) is 4.99 Å². The topological polar surface area (TPSA) is 36.1 Å². The zero-order valence-corrected chi connectivity index (χ0v) is 13.8. The summed E-state index contributed by atoms with van der Waals surface area (Å²) in [4.78, 5) is 4.93. The van der Waals surface area contributed by atoms with Gasteiger partial charge in [0.15, 0.2) is 0 Å². The number of hydrogen-bond acceptors (Lipinski definition) is 2. The van der Waals surface area contributed by atoms with Gasteiger partial charge in [0.05, 0.1) is 19.9 Å². The highest BCUT2D eigenvalue weighted by atomic mass is 28.3. The zero-order chi connectivity index (χ0) is 14.2. The average Bonchev–Trinajstić information content (AvgIpc) is 3.07. The average molecular weight is 284 g/mol. The van der Waals surface area contributed by atoms with Crippen LogP contribution < -0.4 is 0 Å². The van der Waals surface area contributed by atoms with Crippen LogP contribution in [-0.2, 0) is 0 Å². The first-order valence-corrected chi connectivity index (χ1v) is 11.6. The molecule has 4 saturated carbocycles. The molecule has 0 saturated heterocycles. The molecule has 0 amide bonds. The predicted molar refractivity (Wildman–Crippen MR) is 84.5 cm³/mol. The minimum Gasteiger partial charge on any atom is -0.274 e. The Bertz CT molecular complexity index is 545. The number of nitrogens with zero attached hydrogens (tertiary/aromatic N) is 2. The molecule has 1 spiro atoms. The second kappa shape index (κ2) is 3.65. The molecule has 0 aromatic carbocycles. The van der Waals surface area contributed by atoms with Gasteiger partial charge in [-0.05, 0) is 61.0 Å². The van der Waals surface area contributed by atoms with Gasteiger partial charge in [0, 0.05) is 6.08 Å². The molecular formula is C17H24N2Si. The van der Waals surface area contributed by atoms with Crippen LogP contribution in [-0.4, -0.2) is 19.3 Å². The van der Waals surface area contributed by atoms with Crippen molar-refractivity contribution in [2.45, 2.75) is 62.3 Å². The van der Waals surface area contributed by atoms with Crippen molar-refractivity contribution in [2.75, 3.05) is 0 Å². The summed E-state index contributed by atoms with van der Waals surface area (Å²) in [6, 6.07) is 2.12. The van der Waals surface area contributed by atoms with E-state index in [0.29, 0.717) is 5.04 Å². The van der Waals surface area contributed by atoms with Crippen molar-refractivity contribution in [1.82, 2.24) is 0 Å². The van der Waals surface area contributed by atoms with E-state index in [4.69, 9.17) is 10.3 Å². The zero-order valence-electron chi connectivity index (χ0n) is 12.8. The van der Waals surface area contributed by atoms with Gasteiger partial charge in [0.2, 0.25) is 0 Å². The van der Waals surface area contributed by atoms with Crippen molar-refractivity contribution in [2.24, 2.45) is 22.7 Å². The second-order valence-electron chi connectivity index (χ2n) is 8.66. The lowest BCUT2D eigenvalue weighted by molar-refractivity contribution is -0.00292. The Hall–Kier alpha value is -0.883. The van der Waals surface area contributed by atoms with Crippen molar-refractivity contribution in [3.8, 4) is 6.07 Å². The number of rotatable bonds is 2. The first kappa shape index (κ1) is 12.8. The summed E-state index contributed by atoms with van der Waals surface area (Å²) >= 11 is 0. The fourth-order valence-corrected chi connectivity index (χ4v) is 8.58. The van der Waals surface area contributed by atoms with Crippen LogP contribution in [0.15, 0.2) is 17.1 Å². The Kier molecular flexibility index (Phi) is 2.34. The fraction of sp³-hybridized carbons (Fsp3) is 0.765. The van der Waals surface area contributed by atoms with Gasteiger partial charge in [-0.1, -0.05) is 19.6 Å². The first-order valence-electron chi connectivity index (χ1n) is 8.08. The normalized spacial score (nSPS) is 48.7. The third kappa shape index (κ3) is 1.41. The quantitative estimate of drug-likeness (QED) is 0.553. The molecule has 5 aliphatic rings. The molecule has 1 aliphatic heterocycles. The lowest BCUT2D eigenvalue weighted by atomic mass is 9.49. The standard InChI is InChI=1S/C17H24N2Si/c1-20(2,3)16-9-12-7-13(10-16)17(14(8-12)11-16)15(19-17)5-4-6-18/h4-5,12-14H,7-11H2,1-3H3/b5-4+/t12?,13-,14+,16?,17?. The van der Waals surface area contributed by atoms with Gasteiger partial charge in [0.25, 0.3) is 0 Å². The van der Waals surface area contributed by atoms with Crippen LogP contribution in [0.1, 0.15) is 32.1 Å². The van der Waals surface area contributed by atoms with Crippen molar-refractivity contribution in [3.63, 3.8) is 0 Å². The number of hydrogen-bond donors (Lipinski definition) is 0. The van der Waals surface area contributed by atoms with E-state index in [1.807, 2.05) is 6.08 Å². The Morgan fingerprint density at radius 2 is 1.85 bits per heavy atom. The highest BCUT2D eigenvalue weighted by Gasteiger charge is 2.70. The smallest absolute Gasteiger partial charge is 0.108 e. The van der Waals surface area contributed by atoms with Gasteiger partial charge in [-0.2, -0.15) is 5.26 Å². The molecule has 0 N–H and O–H groups in total. The van der Waals surface area contributed by atoms with E-state index in [1.54, 1.807) is 6.08 Å². The molecule has 0 radical (unpaired) electrons. The SMILES string of the molecule is C[Si](C)(C)C12CC3C[C@H](C1)C1(N=C1/C=C/C#N)[C@@H](C3)C2. The molecule has 20 heavy (non-hydrogen) atoms. The molecule has 3 unspecified atom stereocenters. The van der Waals surface area contributed by atoms with Crippen molar-refractivity contribution in [3.05, 3.63) is 12.2 Å².